The molecular weight excluding hydrogens is 466 g/mol. The molecule has 0 radical (unpaired) electrons. The van der Waals surface area contributed by atoms with Gasteiger partial charge >= 0.3 is 5.97 Å². The molecule has 0 spiro atoms. The number of aryl methyl sites for hydroxylation is 1. The predicted molar refractivity (Wildman–Crippen MR) is 133 cm³/mol. The van der Waals surface area contributed by atoms with Crippen molar-refractivity contribution in [1.82, 2.24) is 9.21 Å². The van der Waals surface area contributed by atoms with Gasteiger partial charge in [0.05, 0.1) is 25.0 Å². The molecule has 8 nitrogen and oxygen atoms in total. The van der Waals surface area contributed by atoms with E-state index in [9.17, 15) is 18.0 Å². The maximum absolute atomic E-state index is 13.4. The van der Waals surface area contributed by atoms with E-state index in [1.165, 1.54) is 7.11 Å². The number of hydrogen-bond donors (Lipinski definition) is 0. The van der Waals surface area contributed by atoms with Gasteiger partial charge in [-0.2, -0.15) is 4.31 Å². The first-order valence-electron chi connectivity index (χ1n) is 12.1. The van der Waals surface area contributed by atoms with Crippen molar-refractivity contribution < 1.29 is 22.7 Å². The number of sulfonamides is 1. The summed E-state index contributed by atoms with van der Waals surface area (Å²) in [6.45, 7) is 2.80. The second-order valence-corrected chi connectivity index (χ2v) is 11.0. The van der Waals surface area contributed by atoms with Gasteiger partial charge in [-0.05, 0) is 55.0 Å². The predicted octanol–water partition coefficient (Wildman–Crippen LogP) is 2.82. The van der Waals surface area contributed by atoms with E-state index in [4.69, 9.17) is 4.74 Å². The molecule has 0 aliphatic carbocycles. The van der Waals surface area contributed by atoms with E-state index in [0.717, 1.165) is 42.5 Å². The number of benzene rings is 2. The fourth-order valence-electron chi connectivity index (χ4n) is 4.75. The minimum absolute atomic E-state index is 0.0677. The van der Waals surface area contributed by atoms with Crippen molar-refractivity contribution in [1.29, 1.82) is 0 Å². The Balaban J connectivity index is 1.51. The van der Waals surface area contributed by atoms with Crippen LogP contribution in [0.25, 0.3) is 0 Å². The summed E-state index contributed by atoms with van der Waals surface area (Å²) in [4.78, 5) is 29.1. The minimum Gasteiger partial charge on any atom is -0.469 e. The lowest BCUT2D eigenvalue weighted by Gasteiger charge is -2.32. The zero-order chi connectivity index (χ0) is 24.8. The molecule has 4 rings (SSSR count). The number of carbonyl (C=O) groups is 2. The highest BCUT2D eigenvalue weighted by molar-refractivity contribution is 7.89. The van der Waals surface area contributed by atoms with E-state index in [0.29, 0.717) is 37.6 Å². The third kappa shape index (κ3) is 6.09. The van der Waals surface area contributed by atoms with Crippen molar-refractivity contribution in [2.24, 2.45) is 0 Å². The zero-order valence-corrected chi connectivity index (χ0v) is 21.0. The molecule has 0 saturated carbocycles. The average Bonchev–Trinajstić information content (AvgIpc) is 3.43. The zero-order valence-electron chi connectivity index (χ0n) is 20.2. The molecular formula is C26H33N3O5S. The van der Waals surface area contributed by atoms with Crippen LogP contribution in [0.5, 0.6) is 0 Å². The van der Waals surface area contributed by atoms with E-state index in [-0.39, 0.29) is 24.8 Å². The Bertz CT molecular complexity index is 1150. The Hall–Kier alpha value is -2.75. The third-order valence-electron chi connectivity index (χ3n) is 6.64. The van der Waals surface area contributed by atoms with Crippen molar-refractivity contribution >= 4 is 27.6 Å². The highest BCUT2D eigenvalue weighted by atomic mass is 32.2. The number of fused-ring (bicyclic) bond motifs is 1. The van der Waals surface area contributed by atoms with Crippen molar-refractivity contribution in [3.63, 3.8) is 0 Å². The fraction of sp³-hybridized carbons (Fsp3) is 0.462. The molecule has 0 N–H and O–H groups in total. The topological polar surface area (TPSA) is 87.2 Å². The van der Waals surface area contributed by atoms with E-state index < -0.39 is 10.0 Å². The van der Waals surface area contributed by atoms with Crippen LogP contribution in [0.15, 0.2) is 53.4 Å². The Labute approximate surface area is 207 Å². The lowest BCUT2D eigenvalue weighted by atomic mass is 10.0. The van der Waals surface area contributed by atoms with E-state index in [2.05, 4.69) is 0 Å². The summed E-state index contributed by atoms with van der Waals surface area (Å²) in [6, 6.07) is 15.0. The summed E-state index contributed by atoms with van der Waals surface area (Å²) in [7, 11) is -2.14. The van der Waals surface area contributed by atoms with Gasteiger partial charge in [-0.15, -0.1) is 0 Å². The molecule has 1 amide bonds. The van der Waals surface area contributed by atoms with Gasteiger partial charge in [0.15, 0.2) is 0 Å². The maximum atomic E-state index is 13.4. The number of nitrogens with zero attached hydrogens (tertiary/aromatic N) is 3. The van der Waals surface area contributed by atoms with Crippen LogP contribution in [0.4, 0.5) is 5.69 Å². The molecule has 35 heavy (non-hydrogen) atoms. The monoisotopic (exact) mass is 499 g/mol. The van der Waals surface area contributed by atoms with Crippen molar-refractivity contribution in [3.8, 4) is 0 Å². The van der Waals surface area contributed by atoms with Crippen LogP contribution in [0.2, 0.25) is 0 Å². The number of amides is 1. The van der Waals surface area contributed by atoms with Crippen LogP contribution in [0.1, 0.15) is 36.8 Å². The van der Waals surface area contributed by atoms with Gasteiger partial charge in [-0.1, -0.05) is 30.3 Å². The van der Waals surface area contributed by atoms with Gasteiger partial charge in [-0.25, -0.2) is 8.42 Å². The van der Waals surface area contributed by atoms with Crippen LogP contribution in [-0.4, -0.2) is 69.3 Å². The van der Waals surface area contributed by atoms with Gasteiger partial charge in [0.2, 0.25) is 15.9 Å². The quantitative estimate of drug-likeness (QED) is 0.493. The van der Waals surface area contributed by atoms with Gasteiger partial charge in [-0.3, -0.25) is 14.5 Å². The summed E-state index contributed by atoms with van der Waals surface area (Å²) in [5.41, 5.74) is 2.71. The SMILES string of the molecule is COC(=O)CCN(CC(=O)N1CCCc2cc(S(=O)(=O)N3CCCC3)ccc21)Cc1ccccc1. The number of ether oxygens (including phenoxy) is 1. The number of hydrogen-bond acceptors (Lipinski definition) is 6. The third-order valence-corrected chi connectivity index (χ3v) is 8.54. The normalized spacial score (nSPS) is 16.3. The summed E-state index contributed by atoms with van der Waals surface area (Å²) in [6.07, 6.45) is 3.49. The molecule has 2 aliphatic heterocycles. The summed E-state index contributed by atoms with van der Waals surface area (Å²) < 4.78 is 32.3. The lowest BCUT2D eigenvalue weighted by molar-refractivity contribution is -0.141. The minimum atomic E-state index is -3.50. The Morgan fingerprint density at radius 3 is 2.46 bits per heavy atom. The maximum Gasteiger partial charge on any atom is 0.306 e. The smallest absolute Gasteiger partial charge is 0.306 e. The van der Waals surface area contributed by atoms with Crippen LogP contribution < -0.4 is 4.90 Å². The second kappa shape index (κ2) is 11.3. The molecule has 1 saturated heterocycles. The number of rotatable bonds is 9. The molecule has 2 aromatic rings. The lowest BCUT2D eigenvalue weighted by Crippen LogP contribution is -2.43. The summed E-state index contributed by atoms with van der Waals surface area (Å²) in [5.74, 6) is -0.382. The number of methoxy groups -OCH3 is 1. The highest BCUT2D eigenvalue weighted by Crippen LogP contribution is 2.31. The van der Waals surface area contributed by atoms with Crippen molar-refractivity contribution in [2.45, 2.75) is 43.5 Å². The van der Waals surface area contributed by atoms with Crippen molar-refractivity contribution in [2.75, 3.05) is 44.7 Å². The van der Waals surface area contributed by atoms with Gasteiger partial charge in [0, 0.05) is 38.4 Å². The highest BCUT2D eigenvalue weighted by Gasteiger charge is 2.30. The molecule has 0 aromatic heterocycles. The second-order valence-electron chi connectivity index (χ2n) is 9.07. The van der Waals surface area contributed by atoms with Crippen LogP contribution in [0.3, 0.4) is 0 Å². The molecule has 0 atom stereocenters. The first kappa shape index (κ1) is 25.3. The van der Waals surface area contributed by atoms with E-state index >= 15 is 0 Å². The van der Waals surface area contributed by atoms with Gasteiger partial charge < -0.3 is 9.64 Å². The largest absolute Gasteiger partial charge is 0.469 e. The van der Waals surface area contributed by atoms with Crippen molar-refractivity contribution in [3.05, 3.63) is 59.7 Å². The molecule has 2 aromatic carbocycles. The first-order valence-corrected chi connectivity index (χ1v) is 13.6. The Kier molecular flexibility index (Phi) is 8.20. The number of anilines is 1. The number of carbonyl (C=O) groups excluding carboxylic acids is 2. The van der Waals surface area contributed by atoms with Crippen LogP contribution in [0, 0.1) is 0 Å². The number of esters is 1. The van der Waals surface area contributed by atoms with Gasteiger partial charge in [0.1, 0.15) is 0 Å². The summed E-state index contributed by atoms with van der Waals surface area (Å²) >= 11 is 0. The fourth-order valence-corrected chi connectivity index (χ4v) is 6.32. The van der Waals surface area contributed by atoms with E-state index in [1.54, 1.807) is 27.4 Å². The Morgan fingerprint density at radius 2 is 1.74 bits per heavy atom. The van der Waals surface area contributed by atoms with Crippen LogP contribution >= 0.6 is 0 Å². The van der Waals surface area contributed by atoms with Crippen LogP contribution in [-0.2, 0) is 37.3 Å². The molecule has 0 unspecified atom stereocenters. The molecule has 0 bridgehead atoms. The van der Waals surface area contributed by atoms with Gasteiger partial charge in [0.25, 0.3) is 0 Å². The van der Waals surface area contributed by atoms with E-state index in [1.807, 2.05) is 35.2 Å². The Morgan fingerprint density at radius 1 is 1.00 bits per heavy atom. The molecule has 2 heterocycles. The molecule has 188 valence electrons. The summed E-state index contributed by atoms with van der Waals surface area (Å²) in [5, 5.41) is 0. The molecule has 9 heteroatoms. The molecule has 1 fully saturated rings. The standard InChI is InChI=1S/C26H33N3O5S/c1-34-26(31)13-17-27(19-21-8-3-2-4-9-21)20-25(30)29-16-7-10-22-18-23(11-12-24(22)29)35(32,33)28-14-5-6-15-28/h2-4,8-9,11-12,18H,5-7,10,13-17,19-20H2,1H3. The molecule has 2 aliphatic rings. The first-order chi connectivity index (χ1) is 16.9. The average molecular weight is 500 g/mol.